The van der Waals surface area contributed by atoms with Gasteiger partial charge in [-0.3, -0.25) is 13.7 Å². The van der Waals surface area contributed by atoms with E-state index in [1.165, 1.54) is 0 Å². The smallest absolute Gasteiger partial charge is 0.410 e. The van der Waals surface area contributed by atoms with Crippen molar-refractivity contribution in [2.75, 3.05) is 33.0 Å². The molecule has 9 rings (SSSR count). The van der Waals surface area contributed by atoms with Crippen LogP contribution in [0.15, 0.2) is 91.0 Å². The fourth-order valence-electron chi connectivity index (χ4n) is 13.9. The van der Waals surface area contributed by atoms with Crippen LogP contribution in [0.1, 0.15) is 91.3 Å². The number of hydrogen-bond acceptors (Lipinski definition) is 31. The normalized spacial score (nSPS) is 38.4. The summed E-state index contributed by atoms with van der Waals surface area (Å²) >= 11 is 0. The molecule has 6 fully saturated rings. The first-order valence-corrected chi connectivity index (χ1v) is 39.5. The van der Waals surface area contributed by atoms with Crippen LogP contribution in [0.25, 0.3) is 0 Å². The van der Waals surface area contributed by atoms with Crippen molar-refractivity contribution in [1.29, 1.82) is 0 Å². The van der Waals surface area contributed by atoms with Crippen molar-refractivity contribution in [3.8, 4) is 0 Å². The lowest BCUT2D eigenvalue weighted by Gasteiger charge is -2.51. The molecular formula is C68H104N4O31S3. The maximum atomic E-state index is 13.3. The van der Waals surface area contributed by atoms with Crippen molar-refractivity contribution in [3.63, 3.8) is 0 Å². The average molecular weight is 1570 g/mol. The Balaban J connectivity index is 0.837. The van der Waals surface area contributed by atoms with E-state index >= 15 is 0 Å². The fraction of sp³-hybridized carbons (Fsp3) is 0.721. The number of amides is 1. The van der Waals surface area contributed by atoms with Crippen LogP contribution >= 0.6 is 0 Å². The zero-order chi connectivity index (χ0) is 77.1. The molecule has 6 heterocycles. The molecule has 0 saturated carbocycles. The van der Waals surface area contributed by atoms with Gasteiger partial charge in [-0.25, -0.2) is 17.3 Å². The molecule has 1 amide bonds. The number of unbranched alkanes of at least 4 members (excludes halogenated alkanes) is 2. The van der Waals surface area contributed by atoms with Crippen molar-refractivity contribution in [2.24, 2.45) is 46.8 Å². The van der Waals surface area contributed by atoms with E-state index in [1.807, 2.05) is 60.7 Å². The number of aliphatic hydroxyl groups is 4. The Hall–Kier alpha value is -4.26. The number of rotatable bonds is 33. The number of ether oxygens (including phenoxy) is 14. The predicted octanol–water partition coefficient (Wildman–Crippen LogP) is 2.00. The van der Waals surface area contributed by atoms with Gasteiger partial charge in [0, 0.05) is 49.3 Å². The first kappa shape index (κ1) is 85.7. The van der Waals surface area contributed by atoms with Gasteiger partial charge >= 0.3 is 37.3 Å². The first-order valence-electron chi connectivity index (χ1n) is 35.4. The summed E-state index contributed by atoms with van der Waals surface area (Å²) < 4.78 is 204. The summed E-state index contributed by atoms with van der Waals surface area (Å²) in [6.45, 7) is 11.1. The maximum absolute atomic E-state index is 13.3. The molecule has 0 bridgehead atoms. The highest BCUT2D eigenvalue weighted by atomic mass is 32.3. The molecule has 6 saturated heterocycles. The fourth-order valence-corrected chi connectivity index (χ4v) is 14.8. The van der Waals surface area contributed by atoms with E-state index in [-0.39, 0.29) is 19.8 Å². The van der Waals surface area contributed by atoms with Crippen LogP contribution in [0.2, 0.25) is 0 Å². The van der Waals surface area contributed by atoms with E-state index < -0.39 is 240 Å². The lowest BCUT2D eigenvalue weighted by atomic mass is 9.87. The van der Waals surface area contributed by atoms with Gasteiger partial charge in [-0.1, -0.05) is 126 Å². The third-order valence-corrected chi connectivity index (χ3v) is 21.6. The van der Waals surface area contributed by atoms with Gasteiger partial charge in [0.1, 0.15) is 55.4 Å². The van der Waals surface area contributed by atoms with Gasteiger partial charge < -0.3 is 109 Å². The van der Waals surface area contributed by atoms with Crippen molar-refractivity contribution < 1.29 is 143 Å². The van der Waals surface area contributed by atoms with Crippen LogP contribution in [0.4, 0.5) is 4.79 Å². The van der Waals surface area contributed by atoms with Crippen LogP contribution < -0.4 is 17.2 Å². The van der Waals surface area contributed by atoms with E-state index in [4.69, 9.17) is 96.1 Å². The number of carbonyl (C=O) groups is 1. The maximum Gasteiger partial charge on any atom is 0.410 e. The van der Waals surface area contributed by atoms with Crippen molar-refractivity contribution in [1.82, 2.24) is 4.90 Å². The molecule has 15 unspecified atom stereocenters. The van der Waals surface area contributed by atoms with E-state index in [0.717, 1.165) is 11.1 Å². The Morgan fingerprint density at radius 1 is 0.406 bits per heavy atom. The summed E-state index contributed by atoms with van der Waals surface area (Å²) in [5.41, 5.74) is 22.9. The highest BCUT2D eigenvalue weighted by Crippen LogP contribution is 2.41. The summed E-state index contributed by atoms with van der Waals surface area (Å²) in [5, 5.41) is 46.1. The second-order valence-corrected chi connectivity index (χ2v) is 31.3. The van der Waals surface area contributed by atoms with Crippen molar-refractivity contribution >= 4 is 37.3 Å². The third-order valence-electron chi connectivity index (χ3n) is 20.3. The van der Waals surface area contributed by atoms with Crippen LogP contribution in [-0.2, 0) is 130 Å². The highest BCUT2D eigenvalue weighted by Gasteiger charge is 2.56. The number of carbonyl (C=O) groups excluding carboxylic acids is 1. The largest absolute Gasteiger partial charge is 0.445 e. The second kappa shape index (κ2) is 38.3. The summed E-state index contributed by atoms with van der Waals surface area (Å²) in [4.78, 5) is 15.0. The van der Waals surface area contributed by atoms with Crippen LogP contribution in [0, 0.1) is 29.6 Å². The average Bonchev–Trinajstić information content (AvgIpc) is 0.775. The molecule has 0 aromatic heterocycles. The minimum atomic E-state index is -5.16. The van der Waals surface area contributed by atoms with E-state index in [0.29, 0.717) is 37.9 Å². The van der Waals surface area contributed by atoms with E-state index in [9.17, 15) is 64.1 Å². The van der Waals surface area contributed by atoms with Gasteiger partial charge in [-0.2, -0.15) is 25.3 Å². The summed E-state index contributed by atoms with van der Waals surface area (Å²) in [7, 11) is -15.3. The van der Waals surface area contributed by atoms with Gasteiger partial charge in [-0.15, -0.1) is 0 Å². The Morgan fingerprint density at radius 2 is 0.792 bits per heavy atom. The minimum Gasteiger partial charge on any atom is -0.445 e. The summed E-state index contributed by atoms with van der Waals surface area (Å²) in [6, 6.07) is 24.4. The molecule has 0 spiro atoms. The quantitative estimate of drug-likeness (QED) is 0.0308. The van der Waals surface area contributed by atoms with Crippen molar-refractivity contribution in [2.45, 2.75) is 248 Å². The highest BCUT2D eigenvalue weighted by molar-refractivity contribution is 7.81. The van der Waals surface area contributed by atoms with Crippen LogP contribution in [-0.4, -0.2) is 257 Å². The SMILES string of the molecule is CC1O[C@@H](O[C@@H]2C(COS(=O)(=O)O)O[C@H](O[C@@H]3C(C)O[C@@H](O[C@@H]4C(COS(=O)(=O)O)O[C@H](O[C@@H]5C(C)O[C@@H](O[C@H]6C(C)C(N)[C@@H](OCCCCCN(Cc7ccccc7)C(=O)OCc7ccccc7)O[C@H]6COS(=O)(=O)O)C(O)C5C)C(N)[C@H]4C)C(O)[C@@H]3OCc3ccccc3)C(N)C2C)C(O)C(C)[C@@H]1O. The number of nitrogens with zero attached hydrogens (tertiary/aromatic N) is 1. The molecule has 0 aliphatic carbocycles. The van der Waals surface area contributed by atoms with E-state index in [1.54, 1.807) is 90.6 Å². The topological polar surface area (TPSA) is 499 Å². The Kier molecular flexibility index (Phi) is 31.0. The number of aliphatic hydroxyl groups excluding tert-OH is 4. The first-order chi connectivity index (χ1) is 50.1. The summed E-state index contributed by atoms with van der Waals surface area (Å²) in [6.07, 6.45) is -27.6. The molecule has 38 heteroatoms. The van der Waals surface area contributed by atoms with Crippen molar-refractivity contribution in [3.05, 3.63) is 108 Å². The van der Waals surface area contributed by atoms with Gasteiger partial charge in [0.25, 0.3) is 0 Å². The Morgan fingerprint density at radius 3 is 1.26 bits per heavy atom. The number of benzene rings is 3. The molecule has 35 nitrogen and oxygen atoms in total. The van der Waals surface area contributed by atoms with Gasteiger partial charge in [-0.05, 0) is 56.7 Å². The number of hydrogen-bond donors (Lipinski definition) is 10. The monoisotopic (exact) mass is 1570 g/mol. The van der Waals surface area contributed by atoms with Gasteiger partial charge in [0.05, 0.1) is 93.4 Å². The zero-order valence-electron chi connectivity index (χ0n) is 60.1. The van der Waals surface area contributed by atoms with Crippen LogP contribution in [0.5, 0.6) is 0 Å². The molecule has 6 aliphatic rings. The molecule has 0 radical (unpaired) electrons. The number of nitrogens with two attached hydrogens (primary N) is 3. The van der Waals surface area contributed by atoms with Gasteiger partial charge in [0.15, 0.2) is 37.7 Å². The van der Waals surface area contributed by atoms with E-state index in [2.05, 4.69) is 0 Å². The Labute approximate surface area is 617 Å². The minimum absolute atomic E-state index is 0.108. The second-order valence-electron chi connectivity index (χ2n) is 28.0. The molecule has 3 aromatic rings. The molecule has 3 aromatic carbocycles. The lowest BCUT2D eigenvalue weighted by Crippen LogP contribution is -2.67. The predicted molar refractivity (Wildman–Crippen MR) is 368 cm³/mol. The zero-order valence-corrected chi connectivity index (χ0v) is 62.5. The van der Waals surface area contributed by atoms with Gasteiger partial charge in [0.2, 0.25) is 0 Å². The standard InChI is InChI=1S/C68H104N4O31S3/c1-35-49(69)62(87-28-20-12-19-27-72(29-43-21-13-9-14-22-43)68(77)89-31-45-25-17-11-18-26-45)96-46(32-90-104(78,79)80)57(35)101-66-54(75)39(5)56(41(7)94-66)99-63-50(70)36(2)59(48(97-63)34-92-106(84,85)86)102-67-55(76)61(88-30-44-23-15-10-16-24-44)60(42(8)95-67)103-64-51(71)37(3)58(47(98-64)33-91-105(81,82)83)100-65-53(74)38(4)52(73)40(6)93-65/h9-11,13-18,21-26,35-42,46-67,73-76H,12,19-20,27-34,69-71H2,1-8H3,(H,78,79,80)(H,81,82,83)(H,84,85,86)/t35?,36-,37?,38?,39?,40?,41?,42?,46+,47?,48?,49?,50?,51?,52+,53?,54?,55?,56+,57+,58+,59+,60-,61+,62+,63-,64-,65+,66+,67+/m1/s1. The molecular weight excluding hydrogens is 1460 g/mol. The third kappa shape index (κ3) is 23.2. The molecule has 600 valence electrons. The van der Waals surface area contributed by atoms with Crippen LogP contribution in [0.3, 0.4) is 0 Å². The lowest BCUT2D eigenvalue weighted by molar-refractivity contribution is -0.374. The molecule has 106 heavy (non-hydrogen) atoms. The molecule has 30 atom stereocenters. The molecule has 13 N–H and O–H groups in total. The summed E-state index contributed by atoms with van der Waals surface area (Å²) in [5.74, 6) is -4.08. The Bertz CT molecular complexity index is 3540. The molecule has 6 aliphatic heterocycles.